The molecule has 1 aliphatic rings. The van der Waals surface area contributed by atoms with Gasteiger partial charge in [0.1, 0.15) is 0 Å². The van der Waals surface area contributed by atoms with E-state index in [1.165, 1.54) is 0 Å². The van der Waals surface area contributed by atoms with Crippen molar-refractivity contribution in [2.75, 3.05) is 19.6 Å². The van der Waals surface area contributed by atoms with Crippen LogP contribution in [-0.2, 0) is 11.3 Å². The van der Waals surface area contributed by atoms with E-state index in [0.717, 1.165) is 44.2 Å². The van der Waals surface area contributed by atoms with Gasteiger partial charge in [0.25, 0.3) is 5.91 Å². The summed E-state index contributed by atoms with van der Waals surface area (Å²) < 4.78 is 0. The fourth-order valence-electron chi connectivity index (χ4n) is 3.04. The Morgan fingerprint density at radius 3 is 2.42 bits per heavy atom. The number of likely N-dealkylation sites (tertiary alicyclic amines) is 1. The molecule has 0 aromatic heterocycles. The van der Waals surface area contributed by atoms with Crippen LogP contribution in [-0.4, -0.2) is 36.3 Å². The smallest absolute Gasteiger partial charge is 0.253 e. The van der Waals surface area contributed by atoms with Crippen molar-refractivity contribution < 1.29 is 9.59 Å². The van der Waals surface area contributed by atoms with Gasteiger partial charge in [0.15, 0.2) is 0 Å². The van der Waals surface area contributed by atoms with Crippen LogP contribution in [0.4, 0.5) is 0 Å². The number of rotatable bonds is 7. The number of unbranched alkanes of at least 4 members (excludes halogenated alkanes) is 2. The molecule has 0 saturated carbocycles. The monoisotopic (exact) mass is 331 g/mol. The maximum atomic E-state index is 12.5. The predicted molar refractivity (Wildman–Crippen MR) is 95.5 cm³/mol. The molecule has 0 aliphatic carbocycles. The van der Waals surface area contributed by atoms with Gasteiger partial charge in [-0.25, -0.2) is 0 Å². The van der Waals surface area contributed by atoms with Crippen LogP contribution in [0.3, 0.4) is 0 Å². The van der Waals surface area contributed by atoms with Crippen LogP contribution in [0.5, 0.6) is 0 Å². The van der Waals surface area contributed by atoms with E-state index in [4.69, 9.17) is 5.73 Å². The molecule has 5 heteroatoms. The van der Waals surface area contributed by atoms with E-state index in [1.807, 2.05) is 29.2 Å². The third-order valence-corrected chi connectivity index (χ3v) is 4.67. The minimum Gasteiger partial charge on any atom is -0.356 e. The molecule has 1 saturated heterocycles. The van der Waals surface area contributed by atoms with E-state index in [1.54, 1.807) is 0 Å². The highest BCUT2D eigenvalue weighted by Crippen LogP contribution is 2.19. The Morgan fingerprint density at radius 1 is 1.17 bits per heavy atom. The van der Waals surface area contributed by atoms with Gasteiger partial charge in [0.05, 0.1) is 0 Å². The quantitative estimate of drug-likeness (QED) is 0.753. The molecule has 1 heterocycles. The Balaban J connectivity index is 1.78. The van der Waals surface area contributed by atoms with Crippen molar-refractivity contribution in [1.82, 2.24) is 10.2 Å². The van der Waals surface area contributed by atoms with E-state index in [0.29, 0.717) is 25.2 Å². The number of nitrogens with zero attached hydrogens (tertiary/aromatic N) is 1. The Bertz CT molecular complexity index is 534. The fourth-order valence-corrected chi connectivity index (χ4v) is 3.04. The molecular formula is C19H29N3O2. The number of carbonyl (C=O) groups is 2. The molecule has 2 amide bonds. The van der Waals surface area contributed by atoms with Gasteiger partial charge >= 0.3 is 0 Å². The van der Waals surface area contributed by atoms with Gasteiger partial charge in [-0.15, -0.1) is 0 Å². The first-order valence-corrected chi connectivity index (χ1v) is 9.01. The number of nitrogens with one attached hydrogen (secondary N) is 1. The number of nitrogens with two attached hydrogens (primary N) is 1. The van der Waals surface area contributed by atoms with Crippen molar-refractivity contribution in [3.05, 3.63) is 35.4 Å². The molecule has 0 unspecified atom stereocenters. The van der Waals surface area contributed by atoms with Crippen LogP contribution in [0.1, 0.15) is 54.9 Å². The first-order valence-electron chi connectivity index (χ1n) is 9.01. The molecule has 0 atom stereocenters. The highest BCUT2D eigenvalue weighted by atomic mass is 16.2. The van der Waals surface area contributed by atoms with Crippen molar-refractivity contribution in [2.45, 2.75) is 45.6 Å². The zero-order chi connectivity index (χ0) is 17.4. The van der Waals surface area contributed by atoms with Crippen molar-refractivity contribution in [3.8, 4) is 0 Å². The Hall–Kier alpha value is -1.88. The summed E-state index contributed by atoms with van der Waals surface area (Å²) in [7, 11) is 0. The first kappa shape index (κ1) is 18.5. The summed E-state index contributed by atoms with van der Waals surface area (Å²) in [6, 6.07) is 7.45. The Kier molecular flexibility index (Phi) is 7.25. The first-order chi connectivity index (χ1) is 11.7. The largest absolute Gasteiger partial charge is 0.356 e. The molecule has 0 spiro atoms. The third kappa shape index (κ3) is 5.06. The normalized spacial score (nSPS) is 15.3. The molecule has 0 bridgehead atoms. The van der Waals surface area contributed by atoms with Crippen LogP contribution in [0.25, 0.3) is 0 Å². The Morgan fingerprint density at radius 2 is 1.83 bits per heavy atom. The molecule has 1 aromatic rings. The highest BCUT2D eigenvalue weighted by molar-refractivity contribution is 5.94. The summed E-state index contributed by atoms with van der Waals surface area (Å²) in [5.74, 6) is 0.223. The van der Waals surface area contributed by atoms with Crippen molar-refractivity contribution in [1.29, 1.82) is 0 Å². The van der Waals surface area contributed by atoms with Crippen molar-refractivity contribution >= 4 is 11.8 Å². The average Bonchev–Trinajstić information content (AvgIpc) is 2.64. The average molecular weight is 331 g/mol. The van der Waals surface area contributed by atoms with E-state index < -0.39 is 0 Å². The standard InChI is InChI=1S/C19H29N3O2/c1-2-3-4-11-21-18(23)16-9-12-22(13-10-16)19(24)17-7-5-15(14-20)6-8-17/h5-8,16H,2-4,9-14,20H2,1H3,(H,21,23). The molecule has 132 valence electrons. The van der Waals surface area contributed by atoms with Gasteiger partial charge in [-0.1, -0.05) is 31.9 Å². The lowest BCUT2D eigenvalue weighted by molar-refractivity contribution is -0.126. The minimum atomic E-state index is 0.0373. The van der Waals surface area contributed by atoms with Crippen LogP contribution in [0.2, 0.25) is 0 Å². The number of hydrogen-bond donors (Lipinski definition) is 2. The Labute approximate surface area is 144 Å². The lowest BCUT2D eigenvalue weighted by Gasteiger charge is -2.31. The topological polar surface area (TPSA) is 75.4 Å². The molecular weight excluding hydrogens is 302 g/mol. The summed E-state index contributed by atoms with van der Waals surface area (Å²) in [6.07, 6.45) is 4.83. The van der Waals surface area contributed by atoms with Gasteiger partial charge in [0, 0.05) is 37.7 Å². The van der Waals surface area contributed by atoms with Gasteiger partial charge in [-0.2, -0.15) is 0 Å². The second-order valence-corrected chi connectivity index (χ2v) is 6.47. The predicted octanol–water partition coefficient (Wildman–Crippen LogP) is 2.30. The van der Waals surface area contributed by atoms with E-state index >= 15 is 0 Å². The van der Waals surface area contributed by atoms with E-state index in [2.05, 4.69) is 12.2 Å². The van der Waals surface area contributed by atoms with E-state index in [9.17, 15) is 9.59 Å². The lowest BCUT2D eigenvalue weighted by atomic mass is 9.95. The molecule has 0 radical (unpaired) electrons. The van der Waals surface area contributed by atoms with Crippen molar-refractivity contribution in [3.63, 3.8) is 0 Å². The maximum absolute atomic E-state index is 12.5. The van der Waals surface area contributed by atoms with E-state index in [-0.39, 0.29) is 17.7 Å². The number of benzene rings is 1. The van der Waals surface area contributed by atoms with Crippen LogP contribution in [0, 0.1) is 5.92 Å². The number of hydrogen-bond acceptors (Lipinski definition) is 3. The summed E-state index contributed by atoms with van der Waals surface area (Å²) in [5, 5.41) is 3.02. The minimum absolute atomic E-state index is 0.0373. The number of carbonyl (C=O) groups excluding carboxylic acids is 2. The van der Waals surface area contributed by atoms with Crippen LogP contribution < -0.4 is 11.1 Å². The SMILES string of the molecule is CCCCCNC(=O)C1CCN(C(=O)c2ccc(CN)cc2)CC1. The van der Waals surface area contributed by atoms with Gasteiger partial charge in [0.2, 0.25) is 5.91 Å². The summed E-state index contributed by atoms with van der Waals surface area (Å²) >= 11 is 0. The van der Waals surface area contributed by atoms with Gasteiger partial charge in [-0.05, 0) is 37.0 Å². The van der Waals surface area contributed by atoms with Gasteiger partial charge < -0.3 is 16.0 Å². The molecule has 1 aliphatic heterocycles. The molecule has 3 N–H and O–H groups in total. The fraction of sp³-hybridized carbons (Fsp3) is 0.579. The summed E-state index contributed by atoms with van der Waals surface area (Å²) in [6.45, 7) is 4.68. The van der Waals surface area contributed by atoms with Gasteiger partial charge in [-0.3, -0.25) is 9.59 Å². The zero-order valence-electron chi connectivity index (χ0n) is 14.6. The number of piperidine rings is 1. The maximum Gasteiger partial charge on any atom is 0.253 e. The number of amides is 2. The van der Waals surface area contributed by atoms with Crippen LogP contribution >= 0.6 is 0 Å². The highest BCUT2D eigenvalue weighted by Gasteiger charge is 2.27. The summed E-state index contributed by atoms with van der Waals surface area (Å²) in [5.41, 5.74) is 7.29. The third-order valence-electron chi connectivity index (χ3n) is 4.67. The van der Waals surface area contributed by atoms with Crippen molar-refractivity contribution in [2.24, 2.45) is 11.7 Å². The second-order valence-electron chi connectivity index (χ2n) is 6.47. The summed E-state index contributed by atoms with van der Waals surface area (Å²) in [4.78, 5) is 26.5. The molecule has 24 heavy (non-hydrogen) atoms. The second kappa shape index (κ2) is 9.42. The molecule has 1 fully saturated rings. The van der Waals surface area contributed by atoms with Crippen LogP contribution in [0.15, 0.2) is 24.3 Å². The zero-order valence-corrected chi connectivity index (χ0v) is 14.6. The molecule has 1 aromatic carbocycles. The molecule has 2 rings (SSSR count). The lowest BCUT2D eigenvalue weighted by Crippen LogP contribution is -2.43. The molecule has 5 nitrogen and oxygen atoms in total.